The van der Waals surface area contributed by atoms with Gasteiger partial charge in [-0.3, -0.25) is 4.79 Å². The molecular weight excluding hydrogens is 196 g/mol. The van der Waals surface area contributed by atoms with Gasteiger partial charge in [-0.1, -0.05) is 6.92 Å². The molecule has 82 valence electrons. The van der Waals surface area contributed by atoms with Gasteiger partial charge in [0.15, 0.2) is 0 Å². The number of amides is 1. The minimum Gasteiger partial charge on any atom is -0.341 e. The van der Waals surface area contributed by atoms with Crippen LogP contribution in [0.5, 0.6) is 0 Å². The SMILES string of the molecule is CSCCC(=O)N1CC(C)CC(N)C1. The van der Waals surface area contributed by atoms with E-state index in [1.165, 1.54) is 0 Å². The zero-order valence-corrected chi connectivity index (χ0v) is 9.85. The Balaban J connectivity index is 2.38. The number of rotatable bonds is 3. The first-order valence-corrected chi connectivity index (χ1v) is 6.55. The highest BCUT2D eigenvalue weighted by atomic mass is 32.2. The number of hydrogen-bond acceptors (Lipinski definition) is 3. The van der Waals surface area contributed by atoms with Crippen LogP contribution < -0.4 is 5.73 Å². The highest BCUT2D eigenvalue weighted by Crippen LogP contribution is 2.16. The summed E-state index contributed by atoms with van der Waals surface area (Å²) >= 11 is 1.72. The van der Waals surface area contributed by atoms with Gasteiger partial charge in [0, 0.05) is 31.3 Å². The summed E-state index contributed by atoms with van der Waals surface area (Å²) < 4.78 is 0. The molecule has 1 rings (SSSR count). The van der Waals surface area contributed by atoms with Crippen molar-refractivity contribution in [1.29, 1.82) is 0 Å². The first kappa shape index (κ1) is 11.9. The molecule has 1 aliphatic heterocycles. The Labute approximate surface area is 90.4 Å². The lowest BCUT2D eigenvalue weighted by Crippen LogP contribution is -2.48. The minimum absolute atomic E-state index is 0.178. The Morgan fingerprint density at radius 2 is 2.29 bits per heavy atom. The lowest BCUT2D eigenvalue weighted by Gasteiger charge is -2.34. The lowest BCUT2D eigenvalue weighted by molar-refractivity contribution is -0.132. The number of hydrogen-bond donors (Lipinski definition) is 1. The van der Waals surface area contributed by atoms with Crippen LogP contribution in [0.25, 0.3) is 0 Å². The molecule has 0 bridgehead atoms. The van der Waals surface area contributed by atoms with Crippen molar-refractivity contribution in [2.75, 3.05) is 25.1 Å². The van der Waals surface area contributed by atoms with E-state index in [4.69, 9.17) is 5.73 Å². The summed E-state index contributed by atoms with van der Waals surface area (Å²) in [5, 5.41) is 0. The van der Waals surface area contributed by atoms with Crippen molar-refractivity contribution in [2.45, 2.75) is 25.8 Å². The Kier molecular flexibility index (Phi) is 4.75. The quantitative estimate of drug-likeness (QED) is 0.763. The molecule has 0 aromatic heterocycles. The summed E-state index contributed by atoms with van der Waals surface area (Å²) in [5.41, 5.74) is 5.88. The monoisotopic (exact) mass is 216 g/mol. The summed E-state index contributed by atoms with van der Waals surface area (Å²) in [6.07, 6.45) is 3.73. The van der Waals surface area contributed by atoms with Crippen LogP contribution in [-0.2, 0) is 4.79 Å². The molecule has 1 amide bonds. The first-order valence-electron chi connectivity index (χ1n) is 5.15. The summed E-state index contributed by atoms with van der Waals surface area (Å²) in [6.45, 7) is 3.80. The topological polar surface area (TPSA) is 46.3 Å². The number of thioether (sulfide) groups is 1. The van der Waals surface area contributed by atoms with Crippen LogP contribution in [0.2, 0.25) is 0 Å². The third kappa shape index (κ3) is 3.50. The molecule has 1 saturated heterocycles. The highest BCUT2D eigenvalue weighted by molar-refractivity contribution is 7.98. The fourth-order valence-electron chi connectivity index (χ4n) is 1.95. The van der Waals surface area contributed by atoms with Crippen molar-refractivity contribution in [3.8, 4) is 0 Å². The van der Waals surface area contributed by atoms with Crippen LogP contribution in [0, 0.1) is 5.92 Å². The van der Waals surface area contributed by atoms with E-state index in [9.17, 15) is 4.79 Å². The molecule has 1 aliphatic rings. The second-order valence-corrected chi connectivity index (χ2v) is 5.13. The molecule has 0 spiro atoms. The first-order chi connectivity index (χ1) is 6.63. The van der Waals surface area contributed by atoms with E-state index in [1.807, 2.05) is 11.2 Å². The Morgan fingerprint density at radius 3 is 2.86 bits per heavy atom. The molecule has 2 N–H and O–H groups in total. The van der Waals surface area contributed by atoms with Crippen LogP contribution in [-0.4, -0.2) is 41.9 Å². The molecule has 14 heavy (non-hydrogen) atoms. The Morgan fingerprint density at radius 1 is 1.57 bits per heavy atom. The van der Waals surface area contributed by atoms with Crippen LogP contribution in [0.1, 0.15) is 19.8 Å². The summed E-state index contributed by atoms with van der Waals surface area (Å²) in [4.78, 5) is 13.6. The van der Waals surface area contributed by atoms with Crippen molar-refractivity contribution in [3.63, 3.8) is 0 Å². The molecule has 1 heterocycles. The van der Waals surface area contributed by atoms with Crippen LogP contribution in [0.3, 0.4) is 0 Å². The maximum Gasteiger partial charge on any atom is 0.223 e. The minimum atomic E-state index is 0.178. The van der Waals surface area contributed by atoms with Crippen molar-refractivity contribution in [1.82, 2.24) is 4.90 Å². The van der Waals surface area contributed by atoms with E-state index in [2.05, 4.69) is 6.92 Å². The van der Waals surface area contributed by atoms with Crippen molar-refractivity contribution in [2.24, 2.45) is 11.7 Å². The van der Waals surface area contributed by atoms with Gasteiger partial charge in [-0.05, 0) is 18.6 Å². The van der Waals surface area contributed by atoms with E-state index in [0.29, 0.717) is 12.3 Å². The largest absolute Gasteiger partial charge is 0.341 e. The molecule has 0 aliphatic carbocycles. The summed E-state index contributed by atoms with van der Waals surface area (Å²) in [6, 6.07) is 0.178. The van der Waals surface area contributed by atoms with Crippen LogP contribution in [0.4, 0.5) is 0 Å². The predicted octanol–water partition coefficient (Wildman–Crippen LogP) is 0.935. The number of carbonyl (C=O) groups excluding carboxylic acids is 1. The Hall–Kier alpha value is -0.220. The number of likely N-dealkylation sites (tertiary alicyclic amines) is 1. The molecule has 0 aromatic rings. The third-order valence-electron chi connectivity index (χ3n) is 2.56. The second kappa shape index (κ2) is 5.61. The summed E-state index contributed by atoms with van der Waals surface area (Å²) in [5.74, 6) is 1.73. The van der Waals surface area contributed by atoms with Crippen LogP contribution >= 0.6 is 11.8 Å². The van der Waals surface area contributed by atoms with E-state index in [0.717, 1.165) is 25.3 Å². The maximum atomic E-state index is 11.7. The van der Waals surface area contributed by atoms with Crippen molar-refractivity contribution in [3.05, 3.63) is 0 Å². The van der Waals surface area contributed by atoms with Gasteiger partial charge in [0.05, 0.1) is 0 Å². The average Bonchev–Trinajstić information content (AvgIpc) is 2.12. The highest BCUT2D eigenvalue weighted by Gasteiger charge is 2.24. The number of carbonyl (C=O) groups is 1. The van der Waals surface area contributed by atoms with Gasteiger partial charge in [0.1, 0.15) is 0 Å². The molecule has 0 radical (unpaired) electrons. The zero-order chi connectivity index (χ0) is 10.6. The number of nitrogens with zero attached hydrogens (tertiary/aromatic N) is 1. The molecular formula is C10H20N2OS. The van der Waals surface area contributed by atoms with Gasteiger partial charge < -0.3 is 10.6 Å². The standard InChI is InChI=1S/C10H20N2OS/c1-8-5-9(11)7-12(6-8)10(13)3-4-14-2/h8-9H,3-7,11H2,1-2H3. The molecule has 2 unspecified atom stereocenters. The van der Waals surface area contributed by atoms with Crippen molar-refractivity contribution >= 4 is 17.7 Å². The van der Waals surface area contributed by atoms with E-state index in [1.54, 1.807) is 11.8 Å². The van der Waals surface area contributed by atoms with Gasteiger partial charge in [-0.15, -0.1) is 0 Å². The fourth-order valence-corrected chi connectivity index (χ4v) is 2.33. The molecule has 0 saturated carbocycles. The van der Waals surface area contributed by atoms with E-state index >= 15 is 0 Å². The maximum absolute atomic E-state index is 11.7. The number of piperidine rings is 1. The average molecular weight is 216 g/mol. The second-order valence-electron chi connectivity index (χ2n) is 4.14. The van der Waals surface area contributed by atoms with Gasteiger partial charge in [0.25, 0.3) is 0 Å². The van der Waals surface area contributed by atoms with Crippen LogP contribution in [0.15, 0.2) is 0 Å². The normalized spacial score (nSPS) is 27.8. The van der Waals surface area contributed by atoms with E-state index in [-0.39, 0.29) is 11.9 Å². The van der Waals surface area contributed by atoms with Gasteiger partial charge in [-0.2, -0.15) is 11.8 Å². The van der Waals surface area contributed by atoms with Gasteiger partial charge in [0.2, 0.25) is 5.91 Å². The number of nitrogens with two attached hydrogens (primary N) is 1. The lowest BCUT2D eigenvalue weighted by atomic mass is 9.96. The smallest absolute Gasteiger partial charge is 0.223 e. The molecule has 3 nitrogen and oxygen atoms in total. The molecule has 4 heteroatoms. The van der Waals surface area contributed by atoms with Crippen molar-refractivity contribution < 1.29 is 4.79 Å². The molecule has 0 aromatic carbocycles. The molecule has 2 atom stereocenters. The van der Waals surface area contributed by atoms with Gasteiger partial charge in [-0.25, -0.2) is 0 Å². The third-order valence-corrected chi connectivity index (χ3v) is 3.18. The van der Waals surface area contributed by atoms with Gasteiger partial charge >= 0.3 is 0 Å². The molecule has 1 fully saturated rings. The fraction of sp³-hybridized carbons (Fsp3) is 0.900. The zero-order valence-electron chi connectivity index (χ0n) is 9.03. The Bertz CT molecular complexity index is 189. The predicted molar refractivity (Wildman–Crippen MR) is 61.3 cm³/mol. The van der Waals surface area contributed by atoms with E-state index < -0.39 is 0 Å². The summed E-state index contributed by atoms with van der Waals surface area (Å²) in [7, 11) is 0.